The number of amides is 2. The van der Waals surface area contributed by atoms with Crippen molar-refractivity contribution in [2.75, 3.05) is 5.73 Å². The van der Waals surface area contributed by atoms with Crippen LogP contribution < -0.4 is 16.6 Å². The van der Waals surface area contributed by atoms with Gasteiger partial charge in [-0.3, -0.25) is 39.2 Å². The average Bonchev–Trinajstić information content (AvgIpc) is 3.01. The molecule has 3 aromatic rings. The second-order valence-corrected chi connectivity index (χ2v) is 6.54. The lowest BCUT2D eigenvalue weighted by Gasteiger charge is -2.15. The Balaban J connectivity index is 2.03. The second kappa shape index (κ2) is 6.99. The Kier molecular flexibility index (Phi) is 4.43. The number of nitrogens with two attached hydrogens (primary N) is 1. The number of hydrogen-bond acceptors (Lipinski definition) is 7. The first-order chi connectivity index (χ1) is 14.7. The number of hydrogen-bond donors (Lipinski definition) is 2. The lowest BCUT2D eigenvalue weighted by molar-refractivity contribution is -0.384. The van der Waals surface area contributed by atoms with Gasteiger partial charge in [0.05, 0.1) is 32.9 Å². The Morgan fingerprint density at radius 2 is 1.74 bits per heavy atom. The summed E-state index contributed by atoms with van der Waals surface area (Å²) in [7, 11) is 0. The molecule has 4 rings (SSSR count). The number of nitro groups is 1. The first-order valence-electron chi connectivity index (χ1n) is 8.70. The minimum absolute atomic E-state index is 0.212. The highest BCUT2D eigenvalue weighted by Crippen LogP contribution is 2.28. The number of aromatic nitrogens is 1. The molecule has 2 amide bonds. The Bertz CT molecular complexity index is 1390. The fourth-order valence-electron chi connectivity index (χ4n) is 3.33. The molecule has 3 N–H and O–H groups in total. The number of imide groups is 1. The van der Waals surface area contributed by atoms with Crippen molar-refractivity contribution in [2.45, 2.75) is 0 Å². The first kappa shape index (κ1) is 19.6. The van der Waals surface area contributed by atoms with Crippen molar-refractivity contribution in [3.8, 4) is 5.69 Å². The van der Waals surface area contributed by atoms with Crippen LogP contribution in [0.25, 0.3) is 5.69 Å². The van der Waals surface area contributed by atoms with E-state index >= 15 is 0 Å². The molecule has 0 spiro atoms. The number of fused-ring (bicyclic) bond motifs is 1. The zero-order valence-electron chi connectivity index (χ0n) is 15.4. The monoisotopic (exact) mass is 422 g/mol. The summed E-state index contributed by atoms with van der Waals surface area (Å²) in [6, 6.07) is 8.84. The van der Waals surface area contributed by atoms with Crippen LogP contribution in [0.4, 0.5) is 15.9 Å². The van der Waals surface area contributed by atoms with Crippen LogP contribution in [0.5, 0.6) is 0 Å². The van der Waals surface area contributed by atoms with Crippen LogP contribution in [-0.4, -0.2) is 27.1 Å². The standard InChI is InChI=1S/C20H11FN4O6/c21-13-4-2-1-3-10(13)17(27)11-7-9(25(30)31)5-6-14(11)24-15(26)8-12-16(18(24)22)20(29)23-19(12)28/h1-8H,22H2,(H,23,28,29). The number of nitrogen functional groups attached to an aromatic ring is 1. The highest BCUT2D eigenvalue weighted by Gasteiger charge is 2.33. The number of carbonyl (C=O) groups is 3. The molecule has 1 aromatic heterocycles. The molecule has 0 aliphatic carbocycles. The fraction of sp³-hybridized carbons (Fsp3) is 0. The Hall–Kier alpha value is -4.67. The Morgan fingerprint density at radius 3 is 2.42 bits per heavy atom. The van der Waals surface area contributed by atoms with E-state index in [4.69, 9.17) is 5.73 Å². The molecule has 154 valence electrons. The molecule has 0 unspecified atom stereocenters. The van der Waals surface area contributed by atoms with E-state index in [1.807, 2.05) is 5.32 Å². The van der Waals surface area contributed by atoms with Crippen LogP contribution in [0.15, 0.2) is 53.3 Å². The van der Waals surface area contributed by atoms with Gasteiger partial charge in [-0.05, 0) is 18.2 Å². The SMILES string of the molecule is Nc1c2c(cc(=O)n1-c1ccc([N+](=O)[O-])cc1C(=O)c1ccccc1F)C(=O)NC2=O. The number of non-ortho nitro benzene ring substituents is 1. The maximum Gasteiger partial charge on any atom is 0.270 e. The van der Waals surface area contributed by atoms with Gasteiger partial charge in [-0.25, -0.2) is 4.39 Å². The Labute approximate surface area is 171 Å². The number of rotatable bonds is 4. The molecule has 0 bridgehead atoms. The first-order valence-corrected chi connectivity index (χ1v) is 8.70. The van der Waals surface area contributed by atoms with Crippen LogP contribution >= 0.6 is 0 Å². The largest absolute Gasteiger partial charge is 0.384 e. The van der Waals surface area contributed by atoms with Crippen molar-refractivity contribution in [1.29, 1.82) is 0 Å². The quantitative estimate of drug-likeness (QED) is 0.280. The maximum absolute atomic E-state index is 14.2. The Morgan fingerprint density at radius 1 is 1.03 bits per heavy atom. The second-order valence-electron chi connectivity index (χ2n) is 6.54. The van der Waals surface area contributed by atoms with Gasteiger partial charge in [0.1, 0.15) is 11.6 Å². The number of nitro benzene ring substituents is 1. The van der Waals surface area contributed by atoms with Crippen molar-refractivity contribution in [3.05, 3.63) is 97.1 Å². The van der Waals surface area contributed by atoms with Gasteiger partial charge in [0.25, 0.3) is 23.1 Å². The average molecular weight is 422 g/mol. The van der Waals surface area contributed by atoms with Gasteiger partial charge in [-0.2, -0.15) is 0 Å². The van der Waals surface area contributed by atoms with Crippen LogP contribution in [-0.2, 0) is 0 Å². The number of carbonyl (C=O) groups excluding carboxylic acids is 3. The van der Waals surface area contributed by atoms with E-state index < -0.39 is 51.0 Å². The minimum atomic E-state index is -0.941. The molecule has 1 aliphatic rings. The van der Waals surface area contributed by atoms with E-state index in [-0.39, 0.29) is 22.4 Å². The zero-order chi connectivity index (χ0) is 22.4. The van der Waals surface area contributed by atoms with Gasteiger partial charge in [-0.15, -0.1) is 0 Å². The number of nitrogens with zero attached hydrogens (tertiary/aromatic N) is 2. The third-order valence-corrected chi connectivity index (χ3v) is 4.75. The highest BCUT2D eigenvalue weighted by atomic mass is 19.1. The maximum atomic E-state index is 14.2. The van der Waals surface area contributed by atoms with Crippen LogP contribution in [0, 0.1) is 15.9 Å². The van der Waals surface area contributed by atoms with Crippen molar-refractivity contribution < 1.29 is 23.7 Å². The summed E-state index contributed by atoms with van der Waals surface area (Å²) in [5.74, 6) is -3.90. The van der Waals surface area contributed by atoms with E-state index in [0.29, 0.717) is 0 Å². The van der Waals surface area contributed by atoms with E-state index in [0.717, 1.165) is 34.9 Å². The van der Waals surface area contributed by atoms with E-state index in [2.05, 4.69) is 0 Å². The molecule has 0 fully saturated rings. The molecule has 0 saturated carbocycles. The lowest BCUT2D eigenvalue weighted by atomic mass is 9.99. The predicted octanol–water partition coefficient (Wildman–Crippen LogP) is 1.58. The number of pyridine rings is 1. The van der Waals surface area contributed by atoms with Crippen LogP contribution in [0.1, 0.15) is 36.6 Å². The smallest absolute Gasteiger partial charge is 0.270 e. The molecule has 2 aromatic carbocycles. The molecule has 10 nitrogen and oxygen atoms in total. The molecule has 2 heterocycles. The van der Waals surface area contributed by atoms with Gasteiger partial charge in [0.2, 0.25) is 0 Å². The molecule has 0 saturated heterocycles. The normalized spacial score (nSPS) is 12.4. The summed E-state index contributed by atoms with van der Waals surface area (Å²) >= 11 is 0. The summed E-state index contributed by atoms with van der Waals surface area (Å²) < 4.78 is 15.0. The lowest BCUT2D eigenvalue weighted by Crippen LogP contribution is -2.26. The minimum Gasteiger partial charge on any atom is -0.384 e. The molecular weight excluding hydrogens is 411 g/mol. The molecule has 0 atom stereocenters. The third-order valence-electron chi connectivity index (χ3n) is 4.75. The number of halogens is 1. The zero-order valence-corrected chi connectivity index (χ0v) is 15.4. The van der Waals surface area contributed by atoms with Gasteiger partial charge >= 0.3 is 0 Å². The van der Waals surface area contributed by atoms with Crippen LogP contribution in [0.2, 0.25) is 0 Å². The topological polar surface area (TPSA) is 154 Å². The van der Waals surface area contributed by atoms with E-state index in [1.54, 1.807) is 0 Å². The van der Waals surface area contributed by atoms with E-state index in [1.165, 1.54) is 18.2 Å². The summed E-state index contributed by atoms with van der Waals surface area (Å²) in [6.45, 7) is 0. The number of nitrogens with one attached hydrogen (secondary N) is 1. The molecule has 0 radical (unpaired) electrons. The summed E-state index contributed by atoms with van der Waals surface area (Å²) in [5.41, 5.74) is 3.15. The number of ketones is 1. The molecule has 31 heavy (non-hydrogen) atoms. The van der Waals surface area contributed by atoms with E-state index in [9.17, 15) is 33.7 Å². The van der Waals surface area contributed by atoms with Gasteiger partial charge in [0, 0.05) is 18.2 Å². The number of benzene rings is 2. The van der Waals surface area contributed by atoms with Crippen LogP contribution in [0.3, 0.4) is 0 Å². The van der Waals surface area contributed by atoms with Gasteiger partial charge in [-0.1, -0.05) is 12.1 Å². The fourth-order valence-corrected chi connectivity index (χ4v) is 3.33. The molecular formula is C20H11FN4O6. The molecule has 1 aliphatic heterocycles. The number of anilines is 1. The summed E-state index contributed by atoms with van der Waals surface area (Å²) in [6.07, 6.45) is 0. The highest BCUT2D eigenvalue weighted by molar-refractivity contribution is 6.23. The van der Waals surface area contributed by atoms with Crippen molar-refractivity contribution in [1.82, 2.24) is 9.88 Å². The van der Waals surface area contributed by atoms with Crippen molar-refractivity contribution in [2.24, 2.45) is 0 Å². The summed E-state index contributed by atoms with van der Waals surface area (Å²) in [5, 5.41) is 13.2. The van der Waals surface area contributed by atoms with Crippen molar-refractivity contribution in [3.63, 3.8) is 0 Å². The van der Waals surface area contributed by atoms with Gasteiger partial charge in [0.15, 0.2) is 5.78 Å². The molecule has 11 heteroatoms. The third kappa shape index (κ3) is 3.04. The van der Waals surface area contributed by atoms with Crippen molar-refractivity contribution >= 4 is 29.1 Å². The summed E-state index contributed by atoms with van der Waals surface area (Å²) in [4.78, 5) is 60.2. The predicted molar refractivity (Wildman–Crippen MR) is 105 cm³/mol. The van der Waals surface area contributed by atoms with Gasteiger partial charge < -0.3 is 5.73 Å².